The minimum Gasteiger partial charge on any atom is -0.485 e. The molecule has 26 heavy (non-hydrogen) atoms. The number of hydrogen-bond acceptors (Lipinski definition) is 4. The number of para-hydroxylation sites is 2. The van der Waals surface area contributed by atoms with E-state index in [1.54, 1.807) is 24.3 Å². The Balaban J connectivity index is 1.43. The van der Waals surface area contributed by atoms with Gasteiger partial charge in [0.2, 0.25) is 6.10 Å². The first-order valence-electron chi connectivity index (χ1n) is 8.46. The number of ether oxygens (including phenoxy) is 3. The highest BCUT2D eigenvalue weighted by Gasteiger charge is 2.29. The van der Waals surface area contributed by atoms with Gasteiger partial charge >= 0.3 is 5.97 Å². The van der Waals surface area contributed by atoms with E-state index in [9.17, 15) is 4.79 Å². The lowest BCUT2D eigenvalue weighted by Crippen LogP contribution is -2.39. The average molecular weight is 346 g/mol. The Morgan fingerprint density at radius 3 is 2.19 bits per heavy atom. The van der Waals surface area contributed by atoms with Gasteiger partial charge in [0.15, 0.2) is 11.5 Å². The first-order chi connectivity index (χ1) is 12.7. The van der Waals surface area contributed by atoms with Crippen LogP contribution in [-0.4, -0.2) is 18.7 Å². The van der Waals surface area contributed by atoms with Gasteiger partial charge in [0.1, 0.15) is 12.4 Å². The van der Waals surface area contributed by atoms with Crippen molar-refractivity contribution >= 4 is 5.97 Å². The molecule has 4 rings (SSSR count). The van der Waals surface area contributed by atoms with Gasteiger partial charge in [0.25, 0.3) is 0 Å². The van der Waals surface area contributed by atoms with E-state index < -0.39 is 12.1 Å². The highest BCUT2D eigenvalue weighted by atomic mass is 16.6. The Hall–Kier alpha value is -3.27. The molecule has 0 fully saturated rings. The van der Waals surface area contributed by atoms with Crippen LogP contribution in [-0.2, 0) is 4.79 Å². The van der Waals surface area contributed by atoms with E-state index in [-0.39, 0.29) is 6.61 Å². The summed E-state index contributed by atoms with van der Waals surface area (Å²) < 4.78 is 16.7. The fourth-order valence-corrected chi connectivity index (χ4v) is 2.78. The zero-order chi connectivity index (χ0) is 17.9. The molecule has 3 aromatic rings. The Morgan fingerprint density at radius 2 is 1.50 bits per heavy atom. The van der Waals surface area contributed by atoms with E-state index in [1.165, 1.54) is 5.56 Å². The third kappa shape index (κ3) is 3.40. The van der Waals surface area contributed by atoms with Crippen LogP contribution < -0.4 is 14.2 Å². The number of carbonyl (C=O) groups is 1. The SMILES string of the molecule is Cc1ccc(-c2ccc(OC(=O)C3COc4ccccc4O3)cc2)cc1. The standard InChI is InChI=1S/C22H18O4/c1-15-6-8-16(9-7-15)17-10-12-18(13-11-17)25-22(23)21-14-24-19-4-2-3-5-20(19)26-21/h2-13,21H,14H2,1H3. The Morgan fingerprint density at radius 1 is 0.885 bits per heavy atom. The van der Waals surface area contributed by atoms with Crippen molar-refractivity contribution in [2.24, 2.45) is 0 Å². The first kappa shape index (κ1) is 16.2. The van der Waals surface area contributed by atoms with Crippen molar-refractivity contribution in [2.75, 3.05) is 6.61 Å². The van der Waals surface area contributed by atoms with Crippen LogP contribution >= 0.6 is 0 Å². The van der Waals surface area contributed by atoms with E-state index in [4.69, 9.17) is 14.2 Å². The molecule has 0 saturated heterocycles. The number of fused-ring (bicyclic) bond motifs is 1. The molecule has 1 atom stereocenters. The van der Waals surface area contributed by atoms with Crippen molar-refractivity contribution in [3.05, 3.63) is 78.4 Å². The fourth-order valence-electron chi connectivity index (χ4n) is 2.78. The molecule has 0 aromatic heterocycles. The number of hydrogen-bond donors (Lipinski definition) is 0. The first-order valence-corrected chi connectivity index (χ1v) is 8.46. The van der Waals surface area contributed by atoms with E-state index in [1.807, 2.05) is 24.3 Å². The van der Waals surface area contributed by atoms with Crippen LogP contribution in [0, 0.1) is 6.92 Å². The normalized spacial score (nSPS) is 15.3. The van der Waals surface area contributed by atoms with Crippen molar-refractivity contribution in [3.8, 4) is 28.4 Å². The van der Waals surface area contributed by atoms with Gasteiger partial charge in [-0.1, -0.05) is 54.1 Å². The maximum Gasteiger partial charge on any atom is 0.356 e. The molecule has 1 aliphatic rings. The topological polar surface area (TPSA) is 44.8 Å². The lowest BCUT2D eigenvalue weighted by Gasteiger charge is -2.24. The molecule has 0 N–H and O–H groups in total. The average Bonchev–Trinajstić information content (AvgIpc) is 2.69. The van der Waals surface area contributed by atoms with Crippen LogP contribution in [0.3, 0.4) is 0 Å². The molecule has 0 radical (unpaired) electrons. The lowest BCUT2D eigenvalue weighted by molar-refractivity contribution is -0.144. The van der Waals surface area contributed by atoms with E-state index >= 15 is 0 Å². The van der Waals surface area contributed by atoms with E-state index in [0.29, 0.717) is 17.2 Å². The van der Waals surface area contributed by atoms with Gasteiger partial charge in [-0.05, 0) is 42.3 Å². The van der Waals surface area contributed by atoms with Gasteiger partial charge in [0, 0.05) is 0 Å². The zero-order valence-corrected chi connectivity index (χ0v) is 14.3. The second-order valence-corrected chi connectivity index (χ2v) is 6.18. The highest BCUT2D eigenvalue weighted by molar-refractivity contribution is 5.78. The van der Waals surface area contributed by atoms with Crippen molar-refractivity contribution in [1.29, 1.82) is 0 Å². The predicted octanol–water partition coefficient (Wildman–Crippen LogP) is 4.41. The molecule has 4 nitrogen and oxygen atoms in total. The molecule has 130 valence electrons. The molecule has 3 aromatic carbocycles. The van der Waals surface area contributed by atoms with Gasteiger partial charge in [-0.2, -0.15) is 0 Å². The maximum absolute atomic E-state index is 12.3. The maximum atomic E-state index is 12.3. The van der Waals surface area contributed by atoms with Gasteiger partial charge in [-0.3, -0.25) is 0 Å². The number of benzene rings is 3. The highest BCUT2D eigenvalue weighted by Crippen LogP contribution is 2.31. The van der Waals surface area contributed by atoms with Crippen molar-refractivity contribution in [1.82, 2.24) is 0 Å². The van der Waals surface area contributed by atoms with Crippen LogP contribution in [0.4, 0.5) is 0 Å². The van der Waals surface area contributed by atoms with Gasteiger partial charge in [-0.15, -0.1) is 0 Å². The number of carbonyl (C=O) groups excluding carboxylic acids is 1. The fraction of sp³-hybridized carbons (Fsp3) is 0.136. The molecule has 0 spiro atoms. The van der Waals surface area contributed by atoms with Crippen molar-refractivity contribution < 1.29 is 19.0 Å². The zero-order valence-electron chi connectivity index (χ0n) is 14.3. The summed E-state index contributed by atoms with van der Waals surface area (Å²) in [6.07, 6.45) is -0.776. The second kappa shape index (κ2) is 6.92. The Labute approximate surface area is 152 Å². The Kier molecular flexibility index (Phi) is 4.32. The molecule has 4 heteroatoms. The minimum absolute atomic E-state index is 0.136. The lowest BCUT2D eigenvalue weighted by atomic mass is 10.0. The summed E-state index contributed by atoms with van der Waals surface area (Å²) in [4.78, 5) is 12.3. The summed E-state index contributed by atoms with van der Waals surface area (Å²) in [6.45, 7) is 2.19. The number of esters is 1. The molecule has 0 aliphatic carbocycles. The summed E-state index contributed by atoms with van der Waals surface area (Å²) in [5.74, 6) is 1.20. The quantitative estimate of drug-likeness (QED) is 0.521. The van der Waals surface area contributed by atoms with Crippen LogP contribution in [0.2, 0.25) is 0 Å². The molecule has 1 aliphatic heterocycles. The van der Waals surface area contributed by atoms with Crippen molar-refractivity contribution in [3.63, 3.8) is 0 Å². The molecule has 0 amide bonds. The largest absolute Gasteiger partial charge is 0.485 e. The molecule has 1 heterocycles. The molecule has 0 saturated carbocycles. The van der Waals surface area contributed by atoms with Gasteiger partial charge < -0.3 is 14.2 Å². The number of aryl methyl sites for hydroxylation is 1. The third-order valence-corrected chi connectivity index (χ3v) is 4.23. The Bertz CT molecular complexity index is 914. The predicted molar refractivity (Wildman–Crippen MR) is 98.6 cm³/mol. The molecular weight excluding hydrogens is 328 g/mol. The molecule has 1 unspecified atom stereocenters. The molecular formula is C22H18O4. The summed E-state index contributed by atoms with van der Waals surface area (Å²) in [6, 6.07) is 23.0. The van der Waals surface area contributed by atoms with Crippen LogP contribution in [0.15, 0.2) is 72.8 Å². The summed E-state index contributed by atoms with van der Waals surface area (Å²) in [5, 5.41) is 0. The van der Waals surface area contributed by atoms with Crippen LogP contribution in [0.1, 0.15) is 5.56 Å². The van der Waals surface area contributed by atoms with Crippen LogP contribution in [0.5, 0.6) is 17.2 Å². The smallest absolute Gasteiger partial charge is 0.356 e. The summed E-state index contributed by atoms with van der Waals surface area (Å²) in [5.41, 5.74) is 3.40. The van der Waals surface area contributed by atoms with Crippen LogP contribution in [0.25, 0.3) is 11.1 Å². The minimum atomic E-state index is -0.776. The third-order valence-electron chi connectivity index (χ3n) is 4.23. The van der Waals surface area contributed by atoms with Gasteiger partial charge in [-0.25, -0.2) is 4.79 Å². The summed E-state index contributed by atoms with van der Waals surface area (Å²) >= 11 is 0. The van der Waals surface area contributed by atoms with Gasteiger partial charge in [0.05, 0.1) is 0 Å². The monoisotopic (exact) mass is 346 g/mol. The molecule has 0 bridgehead atoms. The number of rotatable bonds is 3. The van der Waals surface area contributed by atoms with E-state index in [0.717, 1.165) is 11.1 Å². The van der Waals surface area contributed by atoms with Crippen molar-refractivity contribution in [2.45, 2.75) is 13.0 Å². The second-order valence-electron chi connectivity index (χ2n) is 6.18. The van der Waals surface area contributed by atoms with E-state index in [2.05, 4.69) is 31.2 Å². The summed E-state index contributed by atoms with van der Waals surface area (Å²) in [7, 11) is 0.